The number of aromatic nitrogens is 3. The van der Waals surface area contributed by atoms with Crippen LogP contribution < -0.4 is 0 Å². The number of fused-ring (bicyclic) bond motifs is 4. The average Bonchev–Trinajstić information content (AvgIpc) is 3.51. The van der Waals surface area contributed by atoms with Crippen LogP contribution in [-0.4, -0.2) is 15.0 Å². The maximum atomic E-state index is 6.63. The van der Waals surface area contributed by atoms with Crippen LogP contribution in [0.15, 0.2) is 168 Å². The molecule has 0 bridgehead atoms. The van der Waals surface area contributed by atoms with Gasteiger partial charge < -0.3 is 4.42 Å². The summed E-state index contributed by atoms with van der Waals surface area (Å²) in [4.78, 5) is 15.2. The molecule has 2 aromatic heterocycles. The largest absolute Gasteiger partial charge is 0.455 e. The van der Waals surface area contributed by atoms with E-state index in [4.69, 9.17) is 19.4 Å². The quantitative estimate of drug-likeness (QED) is 0.197. The molecule has 0 aliphatic rings. The van der Waals surface area contributed by atoms with E-state index < -0.39 is 0 Å². The Hall–Kier alpha value is -6.39. The van der Waals surface area contributed by atoms with Gasteiger partial charge in [0.15, 0.2) is 17.5 Å². The normalized spacial score (nSPS) is 11.4. The molecule has 0 aliphatic heterocycles. The first-order valence-electron chi connectivity index (χ1n) is 15.7. The van der Waals surface area contributed by atoms with Crippen molar-refractivity contribution in [2.24, 2.45) is 0 Å². The number of hydrogen-bond acceptors (Lipinski definition) is 4. The lowest BCUT2D eigenvalue weighted by Crippen LogP contribution is -2.00. The zero-order valence-corrected chi connectivity index (χ0v) is 25.3. The first kappa shape index (κ1) is 27.0. The molecule has 220 valence electrons. The Bertz CT molecular complexity index is 2560. The molecule has 0 spiro atoms. The summed E-state index contributed by atoms with van der Waals surface area (Å²) in [6, 6.07) is 56.3. The fourth-order valence-corrected chi connectivity index (χ4v) is 6.34. The summed E-state index contributed by atoms with van der Waals surface area (Å²) in [5.41, 5.74) is 8.76. The highest BCUT2D eigenvalue weighted by atomic mass is 16.3. The molecule has 9 rings (SSSR count). The first-order valence-corrected chi connectivity index (χ1v) is 15.7. The molecule has 0 fully saturated rings. The summed E-state index contributed by atoms with van der Waals surface area (Å²) in [5.74, 6) is 1.85. The molecule has 7 aromatic carbocycles. The molecule has 9 aromatic rings. The summed E-state index contributed by atoms with van der Waals surface area (Å²) >= 11 is 0. The predicted molar refractivity (Wildman–Crippen MR) is 192 cm³/mol. The number of rotatable bonds is 5. The molecule has 0 saturated heterocycles. The van der Waals surface area contributed by atoms with Gasteiger partial charge in [-0.2, -0.15) is 0 Å². The molecule has 0 aliphatic carbocycles. The Morgan fingerprint density at radius 1 is 0.340 bits per heavy atom. The van der Waals surface area contributed by atoms with Gasteiger partial charge in [0.25, 0.3) is 0 Å². The van der Waals surface area contributed by atoms with Crippen LogP contribution in [0.3, 0.4) is 0 Å². The zero-order chi connectivity index (χ0) is 31.2. The van der Waals surface area contributed by atoms with Gasteiger partial charge in [0.2, 0.25) is 0 Å². The molecule has 0 N–H and O–H groups in total. The highest BCUT2D eigenvalue weighted by molar-refractivity contribution is 6.14. The number of hydrogen-bond donors (Lipinski definition) is 0. The minimum Gasteiger partial charge on any atom is -0.455 e. The Balaban J connectivity index is 1.30. The van der Waals surface area contributed by atoms with Gasteiger partial charge in [-0.05, 0) is 57.8 Å². The lowest BCUT2D eigenvalue weighted by Gasteiger charge is -2.11. The Morgan fingerprint density at radius 3 is 1.57 bits per heavy atom. The van der Waals surface area contributed by atoms with Crippen LogP contribution in [0, 0.1) is 0 Å². The first-order chi connectivity index (χ1) is 23.3. The maximum Gasteiger partial charge on any atom is 0.164 e. The summed E-state index contributed by atoms with van der Waals surface area (Å²) in [7, 11) is 0. The zero-order valence-electron chi connectivity index (χ0n) is 25.3. The van der Waals surface area contributed by atoms with Gasteiger partial charge in [-0.15, -0.1) is 0 Å². The summed E-state index contributed by atoms with van der Waals surface area (Å²) < 4.78 is 6.63. The average molecular weight is 602 g/mol. The van der Waals surface area contributed by atoms with Crippen LogP contribution in [0.2, 0.25) is 0 Å². The topological polar surface area (TPSA) is 51.8 Å². The summed E-state index contributed by atoms with van der Waals surface area (Å²) in [5, 5.41) is 4.40. The third-order valence-electron chi connectivity index (χ3n) is 8.68. The van der Waals surface area contributed by atoms with Crippen molar-refractivity contribution in [1.82, 2.24) is 15.0 Å². The molecule has 0 saturated carbocycles. The third-order valence-corrected chi connectivity index (χ3v) is 8.68. The van der Waals surface area contributed by atoms with Crippen molar-refractivity contribution in [3.05, 3.63) is 164 Å². The van der Waals surface area contributed by atoms with Gasteiger partial charge in [0, 0.05) is 33.0 Å². The lowest BCUT2D eigenvalue weighted by molar-refractivity contribution is 0.670. The van der Waals surface area contributed by atoms with Crippen LogP contribution in [0.4, 0.5) is 0 Å². The van der Waals surface area contributed by atoms with E-state index in [0.29, 0.717) is 17.5 Å². The molecule has 0 unspecified atom stereocenters. The Morgan fingerprint density at radius 2 is 0.872 bits per heavy atom. The van der Waals surface area contributed by atoms with Crippen LogP contribution in [0.5, 0.6) is 0 Å². The van der Waals surface area contributed by atoms with Crippen molar-refractivity contribution in [2.45, 2.75) is 0 Å². The van der Waals surface area contributed by atoms with E-state index in [2.05, 4.69) is 121 Å². The molecule has 4 nitrogen and oxygen atoms in total. The molecule has 4 heteroatoms. The number of benzene rings is 7. The van der Waals surface area contributed by atoms with E-state index in [1.54, 1.807) is 0 Å². The molecule has 2 heterocycles. The van der Waals surface area contributed by atoms with Crippen LogP contribution in [0.1, 0.15) is 0 Å². The Kier molecular flexibility index (Phi) is 6.43. The lowest BCUT2D eigenvalue weighted by atomic mass is 9.98. The second-order valence-electron chi connectivity index (χ2n) is 11.7. The standard InChI is InChI=1S/C43H27N3O/c1-4-13-28(14-5-1)31-21-12-22-34(23-31)42-44-41(30-17-8-3-9-18-30)45-43(46-42)35-25-36(29-15-6-2-7-16-29)40-38(26-35)37-24-32-19-10-11-20-33(32)27-39(37)47-40/h1-27H. The van der Waals surface area contributed by atoms with E-state index in [-0.39, 0.29) is 0 Å². The number of nitrogens with zero attached hydrogens (tertiary/aromatic N) is 3. The van der Waals surface area contributed by atoms with Crippen molar-refractivity contribution >= 4 is 32.7 Å². The van der Waals surface area contributed by atoms with Gasteiger partial charge in [-0.3, -0.25) is 0 Å². The molecular weight excluding hydrogens is 574 g/mol. The summed E-state index contributed by atoms with van der Waals surface area (Å²) in [6.07, 6.45) is 0. The van der Waals surface area contributed by atoms with Gasteiger partial charge in [-0.1, -0.05) is 133 Å². The SMILES string of the molecule is c1ccc(-c2cccc(-c3nc(-c4ccccc4)nc(-c4cc(-c5ccccc5)c5oc6cc7ccccc7cc6c5c4)n3)c2)cc1. The van der Waals surface area contributed by atoms with Crippen LogP contribution in [0.25, 0.3) is 89.1 Å². The number of furan rings is 1. The molecule has 0 atom stereocenters. The fourth-order valence-electron chi connectivity index (χ4n) is 6.34. The van der Waals surface area contributed by atoms with E-state index >= 15 is 0 Å². The second-order valence-corrected chi connectivity index (χ2v) is 11.7. The smallest absolute Gasteiger partial charge is 0.164 e. The summed E-state index contributed by atoms with van der Waals surface area (Å²) in [6.45, 7) is 0. The van der Waals surface area contributed by atoms with Crippen LogP contribution >= 0.6 is 0 Å². The van der Waals surface area contributed by atoms with Gasteiger partial charge in [0.1, 0.15) is 11.2 Å². The maximum absolute atomic E-state index is 6.63. The molecule has 0 radical (unpaired) electrons. The van der Waals surface area contributed by atoms with Crippen molar-refractivity contribution in [3.8, 4) is 56.4 Å². The van der Waals surface area contributed by atoms with Gasteiger partial charge >= 0.3 is 0 Å². The van der Waals surface area contributed by atoms with Crippen molar-refractivity contribution in [2.75, 3.05) is 0 Å². The second kappa shape index (κ2) is 11.2. The Labute approximate surface area is 271 Å². The third kappa shape index (κ3) is 4.93. The highest BCUT2D eigenvalue weighted by Gasteiger charge is 2.19. The van der Waals surface area contributed by atoms with E-state index in [0.717, 1.165) is 66.3 Å². The minimum absolute atomic E-state index is 0.605. The minimum atomic E-state index is 0.605. The van der Waals surface area contributed by atoms with E-state index in [1.807, 2.05) is 42.5 Å². The van der Waals surface area contributed by atoms with Gasteiger partial charge in [0.05, 0.1) is 0 Å². The predicted octanol–water partition coefficient (Wildman–Crippen LogP) is 11.3. The molecule has 47 heavy (non-hydrogen) atoms. The van der Waals surface area contributed by atoms with Gasteiger partial charge in [-0.25, -0.2) is 15.0 Å². The molecule has 0 amide bonds. The van der Waals surface area contributed by atoms with Crippen LogP contribution in [-0.2, 0) is 0 Å². The van der Waals surface area contributed by atoms with Crippen molar-refractivity contribution < 1.29 is 4.42 Å². The van der Waals surface area contributed by atoms with E-state index in [1.165, 1.54) is 5.39 Å². The molecular formula is C43H27N3O. The monoisotopic (exact) mass is 601 g/mol. The van der Waals surface area contributed by atoms with E-state index in [9.17, 15) is 0 Å². The highest BCUT2D eigenvalue weighted by Crippen LogP contribution is 2.40. The fraction of sp³-hybridized carbons (Fsp3) is 0. The van der Waals surface area contributed by atoms with Crippen molar-refractivity contribution in [1.29, 1.82) is 0 Å². The van der Waals surface area contributed by atoms with Crippen molar-refractivity contribution in [3.63, 3.8) is 0 Å².